The summed E-state index contributed by atoms with van der Waals surface area (Å²) in [6.45, 7) is 16.3. The average Bonchev–Trinajstić information content (AvgIpc) is 2.45. The molecule has 0 bridgehead atoms. The number of aryl methyl sites for hydroxylation is 2. The lowest BCUT2D eigenvalue weighted by molar-refractivity contribution is -0.0653. The molecule has 0 saturated heterocycles. The fourth-order valence-corrected chi connectivity index (χ4v) is 2.61. The quantitative estimate of drug-likeness (QED) is 0.751. The number of primary amides is 1. The topological polar surface area (TPSA) is 75.3 Å². The second-order valence-electron chi connectivity index (χ2n) is 7.69. The molecule has 0 radical (unpaired) electrons. The van der Waals surface area contributed by atoms with Gasteiger partial charge in [0.25, 0.3) is 0 Å². The van der Waals surface area contributed by atoms with Crippen LogP contribution in [0.2, 0.25) is 0 Å². The maximum atomic E-state index is 10.9. The van der Waals surface area contributed by atoms with E-state index in [0.29, 0.717) is 11.5 Å². The first kappa shape index (κ1) is 22.4. The number of hydrogen-bond donors (Lipinski definition) is 3. The second-order valence-corrected chi connectivity index (χ2v) is 7.69. The standard InChI is InChI=1S/C10H14N2O.C10H22O/c1-6-4-8(10(11)13)5-7(2)9(6)12-3;1-7-8(2)9(3,4)10(5,6)11/h4-5,12H,1-3H3,(H2,11,13);8,11H,7H2,1-6H3. The first-order valence-corrected chi connectivity index (χ1v) is 8.60. The molecule has 1 unspecified atom stereocenters. The van der Waals surface area contributed by atoms with Gasteiger partial charge in [-0.1, -0.05) is 34.1 Å². The molecule has 4 nitrogen and oxygen atoms in total. The van der Waals surface area contributed by atoms with E-state index in [1.807, 2.05) is 34.7 Å². The van der Waals surface area contributed by atoms with Crippen molar-refractivity contribution in [1.82, 2.24) is 0 Å². The zero-order valence-corrected chi connectivity index (χ0v) is 16.9. The number of amides is 1. The highest BCUT2D eigenvalue weighted by Crippen LogP contribution is 2.39. The van der Waals surface area contributed by atoms with Crippen molar-refractivity contribution >= 4 is 11.6 Å². The van der Waals surface area contributed by atoms with Gasteiger partial charge in [-0.2, -0.15) is 0 Å². The number of rotatable bonds is 5. The predicted molar refractivity (Wildman–Crippen MR) is 104 cm³/mol. The molecule has 0 spiro atoms. The number of aliphatic hydroxyl groups is 1. The zero-order chi connectivity index (χ0) is 19.3. The Kier molecular flexibility index (Phi) is 7.97. The van der Waals surface area contributed by atoms with Gasteiger partial charge in [0.1, 0.15) is 0 Å². The van der Waals surface area contributed by atoms with Crippen molar-refractivity contribution in [3.05, 3.63) is 28.8 Å². The molecule has 24 heavy (non-hydrogen) atoms. The van der Waals surface area contributed by atoms with Crippen LogP contribution in [0.5, 0.6) is 0 Å². The van der Waals surface area contributed by atoms with Gasteiger partial charge in [-0.05, 0) is 62.3 Å². The molecule has 0 aliphatic heterocycles. The normalized spacial score (nSPS) is 12.9. The lowest BCUT2D eigenvalue weighted by Gasteiger charge is -2.42. The van der Waals surface area contributed by atoms with Crippen molar-refractivity contribution in [3.63, 3.8) is 0 Å². The number of benzene rings is 1. The Bertz CT molecular complexity index is 534. The number of anilines is 1. The summed E-state index contributed by atoms with van der Waals surface area (Å²) in [5, 5.41) is 12.9. The van der Waals surface area contributed by atoms with Crippen LogP contribution in [0, 0.1) is 25.2 Å². The second kappa shape index (κ2) is 8.52. The van der Waals surface area contributed by atoms with Crippen molar-refractivity contribution in [1.29, 1.82) is 0 Å². The van der Waals surface area contributed by atoms with Crippen LogP contribution < -0.4 is 11.1 Å². The van der Waals surface area contributed by atoms with E-state index >= 15 is 0 Å². The van der Waals surface area contributed by atoms with E-state index in [-0.39, 0.29) is 11.3 Å². The van der Waals surface area contributed by atoms with E-state index in [1.54, 1.807) is 12.1 Å². The fraction of sp³-hybridized carbons (Fsp3) is 0.650. The predicted octanol–water partition coefficient (Wildman–Crippen LogP) is 4.27. The molecule has 1 aromatic rings. The third-order valence-electron chi connectivity index (χ3n) is 5.49. The maximum Gasteiger partial charge on any atom is 0.248 e. The third-order valence-corrected chi connectivity index (χ3v) is 5.49. The van der Waals surface area contributed by atoms with E-state index < -0.39 is 5.60 Å². The van der Waals surface area contributed by atoms with E-state index in [2.05, 4.69) is 33.0 Å². The summed E-state index contributed by atoms with van der Waals surface area (Å²) >= 11 is 0. The fourth-order valence-electron chi connectivity index (χ4n) is 2.61. The van der Waals surface area contributed by atoms with Crippen molar-refractivity contribution < 1.29 is 9.90 Å². The van der Waals surface area contributed by atoms with Gasteiger partial charge < -0.3 is 16.2 Å². The summed E-state index contributed by atoms with van der Waals surface area (Å²) in [4.78, 5) is 10.9. The lowest BCUT2D eigenvalue weighted by Crippen LogP contribution is -2.43. The highest BCUT2D eigenvalue weighted by molar-refractivity contribution is 5.94. The van der Waals surface area contributed by atoms with Crippen LogP contribution in [0.1, 0.15) is 69.4 Å². The molecule has 0 heterocycles. The summed E-state index contributed by atoms with van der Waals surface area (Å²) in [5.74, 6) is 0.177. The van der Waals surface area contributed by atoms with Gasteiger partial charge in [0.2, 0.25) is 5.91 Å². The highest BCUT2D eigenvalue weighted by atomic mass is 16.3. The highest BCUT2D eigenvalue weighted by Gasteiger charge is 2.38. The molecule has 0 fully saturated rings. The van der Waals surface area contributed by atoms with Crippen LogP contribution in [0.15, 0.2) is 12.1 Å². The first-order valence-electron chi connectivity index (χ1n) is 8.60. The summed E-state index contributed by atoms with van der Waals surface area (Å²) in [6.07, 6.45) is 1.12. The molecule has 1 atom stereocenters. The molecule has 1 rings (SSSR count). The van der Waals surface area contributed by atoms with Crippen LogP contribution in [0.3, 0.4) is 0 Å². The van der Waals surface area contributed by atoms with Gasteiger partial charge in [0, 0.05) is 18.3 Å². The molecule has 0 aromatic heterocycles. The Balaban J connectivity index is 0.000000449. The molecule has 138 valence electrons. The van der Waals surface area contributed by atoms with Crippen molar-refractivity contribution in [3.8, 4) is 0 Å². The van der Waals surface area contributed by atoms with Gasteiger partial charge in [0.05, 0.1) is 5.60 Å². The monoisotopic (exact) mass is 336 g/mol. The third kappa shape index (κ3) is 5.52. The molecular weight excluding hydrogens is 300 g/mol. The SMILES string of the molecule is CCC(C)C(C)(C)C(C)(C)O.CNc1c(C)cc(C(N)=O)cc1C. The smallest absolute Gasteiger partial charge is 0.248 e. The van der Waals surface area contributed by atoms with Gasteiger partial charge in [-0.25, -0.2) is 0 Å². The number of hydrogen-bond acceptors (Lipinski definition) is 3. The number of carbonyl (C=O) groups excluding carboxylic acids is 1. The molecule has 4 N–H and O–H groups in total. The van der Waals surface area contributed by atoms with Gasteiger partial charge in [0.15, 0.2) is 0 Å². The Morgan fingerprint density at radius 3 is 1.83 bits per heavy atom. The summed E-state index contributed by atoms with van der Waals surface area (Å²) < 4.78 is 0. The molecule has 1 amide bonds. The minimum atomic E-state index is -0.581. The Hall–Kier alpha value is -1.55. The van der Waals surface area contributed by atoms with Crippen molar-refractivity contribution in [2.24, 2.45) is 17.1 Å². The largest absolute Gasteiger partial charge is 0.390 e. The van der Waals surface area contributed by atoms with E-state index in [0.717, 1.165) is 23.2 Å². The van der Waals surface area contributed by atoms with E-state index in [9.17, 15) is 9.90 Å². The number of nitrogens with one attached hydrogen (secondary N) is 1. The molecule has 0 aliphatic carbocycles. The Morgan fingerprint density at radius 1 is 1.21 bits per heavy atom. The Labute approximate surface area is 147 Å². The van der Waals surface area contributed by atoms with Crippen LogP contribution in [0.25, 0.3) is 0 Å². The van der Waals surface area contributed by atoms with E-state index in [4.69, 9.17) is 5.73 Å². The summed E-state index contributed by atoms with van der Waals surface area (Å²) in [5.41, 5.74) is 8.31. The average molecular weight is 337 g/mol. The number of nitrogens with two attached hydrogens (primary N) is 1. The summed E-state index contributed by atoms with van der Waals surface area (Å²) in [7, 11) is 1.86. The molecule has 0 aliphatic rings. The van der Waals surface area contributed by atoms with Crippen molar-refractivity contribution in [2.75, 3.05) is 12.4 Å². The van der Waals surface area contributed by atoms with Gasteiger partial charge in [-0.3, -0.25) is 4.79 Å². The van der Waals surface area contributed by atoms with Crippen LogP contribution >= 0.6 is 0 Å². The zero-order valence-electron chi connectivity index (χ0n) is 16.9. The molecular formula is C20H36N2O2. The molecule has 4 heteroatoms. The molecule has 0 saturated carbocycles. The summed E-state index contributed by atoms with van der Waals surface area (Å²) in [6, 6.07) is 3.59. The minimum Gasteiger partial charge on any atom is -0.390 e. The minimum absolute atomic E-state index is 0.00174. The van der Waals surface area contributed by atoms with Crippen LogP contribution in [0.4, 0.5) is 5.69 Å². The Morgan fingerprint density at radius 2 is 1.62 bits per heavy atom. The van der Waals surface area contributed by atoms with Gasteiger partial charge in [-0.15, -0.1) is 0 Å². The van der Waals surface area contributed by atoms with Crippen molar-refractivity contribution in [2.45, 2.75) is 67.4 Å². The first-order chi connectivity index (χ1) is 10.8. The van der Waals surface area contributed by atoms with E-state index in [1.165, 1.54) is 0 Å². The van der Waals surface area contributed by atoms with Crippen LogP contribution in [-0.2, 0) is 0 Å². The maximum absolute atomic E-state index is 10.9. The molecule has 1 aromatic carbocycles. The van der Waals surface area contributed by atoms with Gasteiger partial charge >= 0.3 is 0 Å². The number of carbonyl (C=O) groups is 1. The van der Waals surface area contributed by atoms with Crippen LogP contribution in [-0.4, -0.2) is 23.7 Å². The lowest BCUT2D eigenvalue weighted by atomic mass is 9.68.